The summed E-state index contributed by atoms with van der Waals surface area (Å²) in [5.74, 6) is 1.44. The maximum Gasteiger partial charge on any atom is 0.224 e. The summed E-state index contributed by atoms with van der Waals surface area (Å²) < 4.78 is 19.1. The SMILES string of the molecule is CC(CC(=O)Nc1ccccc1Oc1cccc(F)c1)C1CCNCC1.Cl. The summed E-state index contributed by atoms with van der Waals surface area (Å²) in [5.41, 5.74) is 0.597. The number of hydrogen-bond acceptors (Lipinski definition) is 3. The first kappa shape index (κ1) is 21.2. The zero-order valence-electron chi connectivity index (χ0n) is 15.4. The van der Waals surface area contributed by atoms with Crippen LogP contribution in [-0.2, 0) is 4.79 Å². The first-order valence-corrected chi connectivity index (χ1v) is 9.15. The zero-order valence-corrected chi connectivity index (χ0v) is 16.2. The molecular weight excluding hydrogens is 367 g/mol. The summed E-state index contributed by atoms with van der Waals surface area (Å²) in [4.78, 5) is 12.5. The molecule has 0 radical (unpaired) electrons. The summed E-state index contributed by atoms with van der Waals surface area (Å²) in [6, 6.07) is 13.2. The van der Waals surface area contributed by atoms with Gasteiger partial charge in [0.25, 0.3) is 0 Å². The van der Waals surface area contributed by atoms with Gasteiger partial charge in [-0.15, -0.1) is 12.4 Å². The second kappa shape index (κ2) is 10.3. The lowest BCUT2D eigenvalue weighted by molar-refractivity contribution is -0.117. The summed E-state index contributed by atoms with van der Waals surface area (Å²) in [6.07, 6.45) is 2.72. The van der Waals surface area contributed by atoms with Crippen molar-refractivity contribution >= 4 is 24.0 Å². The van der Waals surface area contributed by atoms with E-state index >= 15 is 0 Å². The third-order valence-electron chi connectivity index (χ3n) is 4.88. The lowest BCUT2D eigenvalue weighted by Crippen LogP contribution is -2.32. The van der Waals surface area contributed by atoms with Crippen LogP contribution in [-0.4, -0.2) is 19.0 Å². The van der Waals surface area contributed by atoms with Gasteiger partial charge in [-0.25, -0.2) is 4.39 Å². The fourth-order valence-electron chi connectivity index (χ4n) is 3.39. The van der Waals surface area contributed by atoms with E-state index in [4.69, 9.17) is 4.74 Å². The third-order valence-corrected chi connectivity index (χ3v) is 4.88. The first-order valence-electron chi connectivity index (χ1n) is 9.15. The van der Waals surface area contributed by atoms with Gasteiger partial charge < -0.3 is 15.4 Å². The van der Waals surface area contributed by atoms with E-state index in [0.29, 0.717) is 35.4 Å². The standard InChI is InChI=1S/C21H25FN2O2.ClH/c1-15(16-9-11-23-12-10-16)13-21(25)24-19-7-2-3-8-20(19)26-18-6-4-5-17(22)14-18;/h2-8,14-16,23H,9-13H2,1H3,(H,24,25);1H. The number of amides is 1. The number of nitrogens with one attached hydrogen (secondary N) is 2. The monoisotopic (exact) mass is 392 g/mol. The van der Waals surface area contributed by atoms with Crippen LogP contribution < -0.4 is 15.4 Å². The molecule has 1 heterocycles. The molecule has 2 N–H and O–H groups in total. The van der Waals surface area contributed by atoms with Gasteiger partial charge in [0.2, 0.25) is 5.91 Å². The predicted molar refractivity (Wildman–Crippen MR) is 108 cm³/mol. The molecule has 146 valence electrons. The quantitative estimate of drug-likeness (QED) is 0.727. The predicted octanol–water partition coefficient (Wildman–Crippen LogP) is 5.00. The minimum absolute atomic E-state index is 0. The summed E-state index contributed by atoms with van der Waals surface area (Å²) in [7, 11) is 0. The molecule has 1 fully saturated rings. The molecular formula is C21H26ClFN2O2. The molecule has 0 bridgehead atoms. The van der Waals surface area contributed by atoms with Crippen LogP contribution in [0.15, 0.2) is 48.5 Å². The van der Waals surface area contributed by atoms with Gasteiger partial charge in [-0.1, -0.05) is 25.1 Å². The van der Waals surface area contributed by atoms with Crippen molar-refractivity contribution in [3.8, 4) is 11.5 Å². The van der Waals surface area contributed by atoms with Gasteiger partial charge in [-0.2, -0.15) is 0 Å². The van der Waals surface area contributed by atoms with E-state index in [9.17, 15) is 9.18 Å². The molecule has 0 spiro atoms. The average Bonchev–Trinajstić information content (AvgIpc) is 2.64. The van der Waals surface area contributed by atoms with E-state index in [0.717, 1.165) is 25.9 Å². The molecule has 4 nitrogen and oxygen atoms in total. The number of rotatable bonds is 6. The fraction of sp³-hybridized carbons (Fsp3) is 0.381. The number of para-hydroxylation sites is 2. The van der Waals surface area contributed by atoms with Crippen molar-refractivity contribution in [3.63, 3.8) is 0 Å². The zero-order chi connectivity index (χ0) is 18.4. The lowest BCUT2D eigenvalue weighted by Gasteiger charge is -2.28. The van der Waals surface area contributed by atoms with Crippen LogP contribution in [0.2, 0.25) is 0 Å². The van der Waals surface area contributed by atoms with Crippen molar-refractivity contribution in [3.05, 3.63) is 54.3 Å². The van der Waals surface area contributed by atoms with E-state index < -0.39 is 0 Å². The third kappa shape index (κ3) is 6.22. The Morgan fingerprint density at radius 2 is 1.96 bits per heavy atom. The van der Waals surface area contributed by atoms with Crippen LogP contribution >= 0.6 is 12.4 Å². The fourth-order valence-corrected chi connectivity index (χ4v) is 3.39. The molecule has 0 aliphatic carbocycles. The maximum absolute atomic E-state index is 13.3. The van der Waals surface area contributed by atoms with Gasteiger partial charge in [-0.3, -0.25) is 4.79 Å². The minimum Gasteiger partial charge on any atom is -0.455 e. The Hall–Kier alpha value is -2.11. The molecule has 1 saturated heterocycles. The van der Waals surface area contributed by atoms with Gasteiger partial charge in [0.1, 0.15) is 11.6 Å². The molecule has 2 aromatic rings. The molecule has 1 atom stereocenters. The molecule has 0 aromatic heterocycles. The normalized spacial score (nSPS) is 15.5. The topological polar surface area (TPSA) is 50.4 Å². The lowest BCUT2D eigenvalue weighted by atomic mass is 9.84. The van der Waals surface area contributed by atoms with Crippen LogP contribution in [0.25, 0.3) is 0 Å². The minimum atomic E-state index is -0.361. The van der Waals surface area contributed by atoms with Crippen LogP contribution in [0.1, 0.15) is 26.2 Å². The number of ether oxygens (including phenoxy) is 1. The Balaban J connectivity index is 0.00000261. The Kier molecular flexibility index (Phi) is 8.07. The Labute approximate surface area is 165 Å². The highest BCUT2D eigenvalue weighted by atomic mass is 35.5. The number of hydrogen-bond donors (Lipinski definition) is 2. The molecule has 1 amide bonds. The Morgan fingerprint density at radius 1 is 1.22 bits per heavy atom. The van der Waals surface area contributed by atoms with Crippen molar-refractivity contribution < 1.29 is 13.9 Å². The van der Waals surface area contributed by atoms with Gasteiger partial charge in [-0.05, 0) is 62.0 Å². The Morgan fingerprint density at radius 3 is 2.70 bits per heavy atom. The molecule has 3 rings (SSSR count). The number of carbonyl (C=O) groups is 1. The number of piperidine rings is 1. The number of benzene rings is 2. The molecule has 2 aromatic carbocycles. The van der Waals surface area contributed by atoms with Crippen LogP contribution in [0.4, 0.5) is 10.1 Å². The summed E-state index contributed by atoms with van der Waals surface area (Å²) in [6.45, 7) is 4.20. The van der Waals surface area contributed by atoms with Crippen molar-refractivity contribution in [1.29, 1.82) is 0 Å². The second-order valence-electron chi connectivity index (χ2n) is 6.87. The molecule has 6 heteroatoms. The van der Waals surface area contributed by atoms with Crippen molar-refractivity contribution in [2.75, 3.05) is 18.4 Å². The van der Waals surface area contributed by atoms with E-state index in [1.165, 1.54) is 12.1 Å². The first-order chi connectivity index (χ1) is 12.6. The second-order valence-corrected chi connectivity index (χ2v) is 6.87. The van der Waals surface area contributed by atoms with Crippen molar-refractivity contribution in [2.24, 2.45) is 11.8 Å². The van der Waals surface area contributed by atoms with Gasteiger partial charge in [0, 0.05) is 12.5 Å². The van der Waals surface area contributed by atoms with E-state index in [2.05, 4.69) is 17.6 Å². The maximum atomic E-state index is 13.3. The number of carbonyl (C=O) groups excluding carboxylic acids is 1. The summed E-state index contributed by atoms with van der Waals surface area (Å²) in [5, 5.41) is 6.30. The molecule has 1 aliphatic rings. The largest absolute Gasteiger partial charge is 0.455 e. The van der Waals surface area contributed by atoms with Crippen molar-refractivity contribution in [2.45, 2.75) is 26.2 Å². The highest BCUT2D eigenvalue weighted by molar-refractivity contribution is 5.92. The van der Waals surface area contributed by atoms with E-state index in [1.54, 1.807) is 24.3 Å². The highest BCUT2D eigenvalue weighted by Gasteiger charge is 2.22. The molecule has 1 unspecified atom stereocenters. The van der Waals surface area contributed by atoms with Gasteiger partial charge >= 0.3 is 0 Å². The molecule has 1 aliphatic heterocycles. The Bertz CT molecular complexity index is 750. The molecule has 27 heavy (non-hydrogen) atoms. The van der Waals surface area contributed by atoms with Gasteiger partial charge in [0.05, 0.1) is 5.69 Å². The smallest absolute Gasteiger partial charge is 0.224 e. The number of anilines is 1. The van der Waals surface area contributed by atoms with Crippen molar-refractivity contribution in [1.82, 2.24) is 5.32 Å². The highest BCUT2D eigenvalue weighted by Crippen LogP contribution is 2.30. The van der Waals surface area contributed by atoms with Crippen LogP contribution in [0.5, 0.6) is 11.5 Å². The van der Waals surface area contributed by atoms with Crippen LogP contribution in [0, 0.1) is 17.7 Å². The van der Waals surface area contributed by atoms with E-state index in [-0.39, 0.29) is 24.1 Å². The average molecular weight is 393 g/mol. The van der Waals surface area contributed by atoms with Gasteiger partial charge in [0.15, 0.2) is 5.75 Å². The van der Waals surface area contributed by atoms with E-state index in [1.807, 2.05) is 12.1 Å². The van der Waals surface area contributed by atoms with Crippen LogP contribution in [0.3, 0.4) is 0 Å². The molecule has 0 saturated carbocycles. The summed E-state index contributed by atoms with van der Waals surface area (Å²) >= 11 is 0. The number of halogens is 2.